The molecule has 0 fully saturated rings. The fourth-order valence-electron chi connectivity index (χ4n) is 2.10. The molecule has 0 bridgehead atoms. The summed E-state index contributed by atoms with van der Waals surface area (Å²) in [4.78, 5) is 11.6. The van der Waals surface area contributed by atoms with Crippen LogP contribution in [0.1, 0.15) is 72.1 Å². The number of carbonyl (C=O) groups excluding carboxylic acids is 1. The van der Waals surface area contributed by atoms with Crippen LogP contribution >= 0.6 is 0 Å². The van der Waals surface area contributed by atoms with Gasteiger partial charge in [-0.25, -0.2) is 4.79 Å². The second-order valence-electron chi connectivity index (χ2n) is 5.51. The predicted molar refractivity (Wildman–Crippen MR) is 86.0 cm³/mol. The summed E-state index contributed by atoms with van der Waals surface area (Å²) in [5, 5.41) is 0. The molecule has 1 atom stereocenters. The molecule has 0 aromatic heterocycles. The fourth-order valence-corrected chi connectivity index (χ4v) is 4.73. The summed E-state index contributed by atoms with van der Waals surface area (Å²) in [5.41, 5.74) is 0.539. The second-order valence-corrected chi connectivity index (χ2v) is 8.14. The number of hydrogen-bond donors (Lipinski definition) is 0. The van der Waals surface area contributed by atoms with Crippen LogP contribution < -0.4 is 0 Å². The van der Waals surface area contributed by atoms with Crippen molar-refractivity contribution in [2.75, 3.05) is 0 Å². The van der Waals surface area contributed by atoms with Gasteiger partial charge in [0.2, 0.25) is 9.04 Å². The van der Waals surface area contributed by atoms with Gasteiger partial charge >= 0.3 is 5.97 Å². The first kappa shape index (κ1) is 18.4. The van der Waals surface area contributed by atoms with Crippen molar-refractivity contribution in [1.29, 1.82) is 0 Å². The minimum Gasteiger partial charge on any atom is -0.519 e. The lowest BCUT2D eigenvalue weighted by molar-refractivity contribution is -0.130. The first-order chi connectivity index (χ1) is 9.11. The average Bonchev–Trinajstić information content (AvgIpc) is 2.39. The molecule has 0 aliphatic heterocycles. The molecule has 0 rings (SSSR count). The third-order valence-electron chi connectivity index (χ3n) is 3.38. The van der Waals surface area contributed by atoms with Crippen LogP contribution in [-0.4, -0.2) is 15.0 Å². The van der Waals surface area contributed by atoms with Gasteiger partial charge in [0.1, 0.15) is 0 Å². The molecule has 0 saturated carbocycles. The van der Waals surface area contributed by atoms with Crippen LogP contribution in [0.2, 0.25) is 12.1 Å². The highest BCUT2D eigenvalue weighted by molar-refractivity contribution is 6.54. The lowest BCUT2D eigenvalue weighted by atomic mass is 10.1. The van der Waals surface area contributed by atoms with Gasteiger partial charge in [-0.2, -0.15) is 0 Å². The smallest absolute Gasteiger partial charge is 0.319 e. The largest absolute Gasteiger partial charge is 0.519 e. The monoisotopic (exact) mass is 284 g/mol. The molecule has 1 unspecified atom stereocenters. The Bertz CT molecular complexity index is 251. The maximum atomic E-state index is 11.6. The van der Waals surface area contributed by atoms with Gasteiger partial charge in [0.05, 0.1) is 0 Å². The molecular weight excluding hydrogens is 252 g/mol. The van der Waals surface area contributed by atoms with Gasteiger partial charge < -0.3 is 4.43 Å². The lowest BCUT2D eigenvalue weighted by Gasteiger charge is -2.16. The van der Waals surface area contributed by atoms with E-state index in [1.165, 1.54) is 51.4 Å². The molecular formula is C16H32O2Si. The van der Waals surface area contributed by atoms with Crippen molar-refractivity contribution in [2.24, 2.45) is 0 Å². The Kier molecular flexibility index (Phi) is 12.1. The molecule has 0 aromatic carbocycles. The van der Waals surface area contributed by atoms with Crippen LogP contribution in [-0.2, 0) is 9.22 Å². The van der Waals surface area contributed by atoms with Crippen molar-refractivity contribution in [1.82, 2.24) is 0 Å². The molecule has 0 saturated heterocycles. The van der Waals surface area contributed by atoms with Crippen molar-refractivity contribution < 1.29 is 9.22 Å². The van der Waals surface area contributed by atoms with Gasteiger partial charge in [-0.1, -0.05) is 71.8 Å². The minimum absolute atomic E-state index is 0.168. The quantitative estimate of drug-likeness (QED) is 0.287. The molecule has 0 spiro atoms. The van der Waals surface area contributed by atoms with Gasteiger partial charge in [-0.3, -0.25) is 0 Å². The van der Waals surface area contributed by atoms with Gasteiger partial charge in [0.25, 0.3) is 0 Å². The maximum absolute atomic E-state index is 11.6. The average molecular weight is 285 g/mol. The van der Waals surface area contributed by atoms with Crippen LogP contribution in [0.25, 0.3) is 0 Å². The fraction of sp³-hybridized carbons (Fsp3) is 0.812. The van der Waals surface area contributed by atoms with Crippen molar-refractivity contribution in [3.63, 3.8) is 0 Å². The summed E-state index contributed by atoms with van der Waals surface area (Å²) in [6.45, 7) is 9.83. The SMILES string of the molecule is C=C(C)C(=O)O[SiH](CCCC)CCCCCCCC. The van der Waals surface area contributed by atoms with E-state index in [1.54, 1.807) is 6.92 Å². The lowest BCUT2D eigenvalue weighted by Crippen LogP contribution is -2.22. The summed E-state index contributed by atoms with van der Waals surface area (Å²) in [6, 6.07) is 2.27. The van der Waals surface area contributed by atoms with E-state index in [-0.39, 0.29) is 5.97 Å². The molecule has 0 N–H and O–H groups in total. The number of unbranched alkanes of at least 4 members (excludes halogenated alkanes) is 6. The Morgan fingerprint density at radius 1 is 0.947 bits per heavy atom. The zero-order chi connectivity index (χ0) is 14.5. The Hall–Kier alpha value is -0.573. The van der Waals surface area contributed by atoms with Crippen LogP contribution in [0.5, 0.6) is 0 Å². The van der Waals surface area contributed by atoms with Crippen molar-refractivity contribution >= 4 is 15.0 Å². The summed E-state index contributed by atoms with van der Waals surface area (Å²) in [7, 11) is -1.33. The number of hydrogen-bond acceptors (Lipinski definition) is 2. The maximum Gasteiger partial charge on any atom is 0.319 e. The number of carbonyl (C=O) groups is 1. The van der Waals surface area contributed by atoms with Gasteiger partial charge in [-0.15, -0.1) is 0 Å². The molecule has 19 heavy (non-hydrogen) atoms. The minimum atomic E-state index is -1.33. The Morgan fingerprint density at radius 2 is 1.47 bits per heavy atom. The zero-order valence-electron chi connectivity index (χ0n) is 13.2. The Morgan fingerprint density at radius 3 is 2.05 bits per heavy atom. The summed E-state index contributed by atoms with van der Waals surface area (Å²) in [5.74, 6) is -0.168. The summed E-state index contributed by atoms with van der Waals surface area (Å²) >= 11 is 0. The highest BCUT2D eigenvalue weighted by atomic mass is 28.3. The van der Waals surface area contributed by atoms with E-state index in [1.807, 2.05) is 0 Å². The molecule has 112 valence electrons. The molecule has 0 aromatic rings. The second kappa shape index (κ2) is 12.5. The third-order valence-corrected chi connectivity index (χ3v) is 6.03. The van der Waals surface area contributed by atoms with Crippen LogP contribution in [0.15, 0.2) is 12.2 Å². The van der Waals surface area contributed by atoms with Crippen molar-refractivity contribution in [2.45, 2.75) is 84.2 Å². The van der Waals surface area contributed by atoms with Crippen LogP contribution in [0.4, 0.5) is 0 Å². The van der Waals surface area contributed by atoms with Crippen LogP contribution in [0.3, 0.4) is 0 Å². The molecule has 0 amide bonds. The van der Waals surface area contributed by atoms with E-state index in [4.69, 9.17) is 4.43 Å². The van der Waals surface area contributed by atoms with E-state index < -0.39 is 9.04 Å². The molecule has 3 heteroatoms. The highest BCUT2D eigenvalue weighted by Crippen LogP contribution is 2.15. The van der Waals surface area contributed by atoms with Crippen LogP contribution in [0, 0.1) is 0 Å². The summed E-state index contributed by atoms with van der Waals surface area (Å²) < 4.78 is 5.64. The van der Waals surface area contributed by atoms with E-state index in [0.717, 1.165) is 12.1 Å². The first-order valence-corrected chi connectivity index (χ1v) is 10.1. The normalized spacial score (nSPS) is 12.2. The van der Waals surface area contributed by atoms with E-state index in [9.17, 15) is 4.79 Å². The molecule has 0 heterocycles. The molecule has 2 nitrogen and oxygen atoms in total. The third kappa shape index (κ3) is 11.0. The molecule has 0 aliphatic rings. The summed E-state index contributed by atoms with van der Waals surface area (Å²) in [6.07, 6.45) is 10.2. The molecule has 0 radical (unpaired) electrons. The Labute approximate surface area is 121 Å². The van der Waals surface area contributed by atoms with E-state index in [2.05, 4.69) is 20.4 Å². The molecule has 0 aliphatic carbocycles. The standard InChI is InChI=1S/C16H32O2Si/c1-5-7-9-10-11-12-14-19(13-8-6-2)18-16(17)15(3)4/h19H,3,5-14H2,1-2,4H3. The topological polar surface area (TPSA) is 26.3 Å². The highest BCUT2D eigenvalue weighted by Gasteiger charge is 2.16. The van der Waals surface area contributed by atoms with E-state index in [0.29, 0.717) is 5.57 Å². The van der Waals surface area contributed by atoms with Crippen molar-refractivity contribution in [3.8, 4) is 0 Å². The Balaban J connectivity index is 3.85. The van der Waals surface area contributed by atoms with E-state index >= 15 is 0 Å². The first-order valence-electron chi connectivity index (χ1n) is 7.98. The van der Waals surface area contributed by atoms with Gasteiger partial charge in [0.15, 0.2) is 0 Å². The predicted octanol–water partition coefficient (Wildman–Crippen LogP) is 4.99. The van der Waals surface area contributed by atoms with Gasteiger partial charge in [-0.05, 0) is 19.0 Å². The van der Waals surface area contributed by atoms with Gasteiger partial charge in [0, 0.05) is 5.57 Å². The van der Waals surface area contributed by atoms with Crippen molar-refractivity contribution in [3.05, 3.63) is 12.2 Å². The zero-order valence-corrected chi connectivity index (χ0v) is 14.3. The number of rotatable bonds is 12.